The lowest BCUT2D eigenvalue weighted by molar-refractivity contribution is 0.348. The summed E-state index contributed by atoms with van der Waals surface area (Å²) in [7, 11) is -1.15. The van der Waals surface area contributed by atoms with Crippen LogP contribution < -0.4 is 14.8 Å². The lowest BCUT2D eigenvalue weighted by atomic mass is 10.1. The number of sulfonamides is 1. The zero-order chi connectivity index (χ0) is 16.6. The molecule has 2 fully saturated rings. The van der Waals surface area contributed by atoms with Gasteiger partial charge in [-0.3, -0.25) is 0 Å². The number of hydrogen-bond acceptors (Lipinski definition) is 5. The minimum absolute atomic E-state index is 0.139. The normalized spacial score (nSPS) is 25.2. The first-order valence-electron chi connectivity index (χ1n) is 7.63. The maximum atomic E-state index is 14.3. The van der Waals surface area contributed by atoms with Crippen molar-refractivity contribution in [3.05, 3.63) is 17.9 Å². The number of nitrogens with zero attached hydrogens (tertiary/aromatic N) is 1. The molecule has 2 unspecified atom stereocenters. The molecule has 1 aromatic rings. The van der Waals surface area contributed by atoms with Crippen LogP contribution in [0.15, 0.2) is 17.0 Å². The van der Waals surface area contributed by atoms with Crippen molar-refractivity contribution in [2.24, 2.45) is 0 Å². The Bertz CT molecular complexity index is 695. The van der Waals surface area contributed by atoms with E-state index < -0.39 is 15.8 Å². The summed E-state index contributed by atoms with van der Waals surface area (Å²) < 4.78 is 51.5. The van der Waals surface area contributed by atoms with E-state index in [1.807, 2.05) is 0 Å². The van der Waals surface area contributed by atoms with Crippen molar-refractivity contribution in [1.82, 2.24) is 9.62 Å². The summed E-state index contributed by atoms with van der Waals surface area (Å²) >= 11 is 0. The fraction of sp³-hybridized carbons (Fsp3) is 0.600. The Kier molecular flexibility index (Phi) is 4.48. The Labute approximate surface area is 135 Å². The van der Waals surface area contributed by atoms with Crippen molar-refractivity contribution in [3.8, 4) is 11.5 Å². The summed E-state index contributed by atoms with van der Waals surface area (Å²) in [5.41, 5.74) is 0. The van der Waals surface area contributed by atoms with E-state index in [0.717, 1.165) is 25.3 Å². The van der Waals surface area contributed by atoms with Gasteiger partial charge in [0.15, 0.2) is 11.5 Å². The van der Waals surface area contributed by atoms with Gasteiger partial charge in [0.25, 0.3) is 0 Å². The topological polar surface area (TPSA) is 67.9 Å². The van der Waals surface area contributed by atoms with Crippen molar-refractivity contribution in [2.45, 2.75) is 36.2 Å². The molecule has 128 valence electrons. The van der Waals surface area contributed by atoms with Crippen LogP contribution >= 0.6 is 0 Å². The number of hydrogen-bond donors (Lipinski definition) is 1. The van der Waals surface area contributed by atoms with Gasteiger partial charge in [-0.15, -0.1) is 0 Å². The number of methoxy groups -OCH3 is 2. The van der Waals surface area contributed by atoms with Gasteiger partial charge in [-0.2, -0.15) is 4.31 Å². The molecular weight excluding hydrogens is 323 g/mol. The molecule has 0 aromatic heterocycles. The van der Waals surface area contributed by atoms with E-state index >= 15 is 0 Å². The first-order valence-corrected chi connectivity index (χ1v) is 9.07. The van der Waals surface area contributed by atoms with E-state index in [1.165, 1.54) is 24.6 Å². The second-order valence-corrected chi connectivity index (χ2v) is 7.83. The molecule has 2 aliphatic rings. The summed E-state index contributed by atoms with van der Waals surface area (Å²) in [5, 5.41) is 3.42. The van der Waals surface area contributed by atoms with E-state index in [1.54, 1.807) is 0 Å². The molecule has 23 heavy (non-hydrogen) atoms. The standard InChI is InChI=1S/C15H21FN2O4S/c1-21-13-7-12(16)15(8-14(13)22-2)23(19,20)18-6-5-10-3-4-11(9-18)17-10/h7-8,10-11,17H,3-6,9H2,1-2H3. The molecule has 0 radical (unpaired) electrons. The summed E-state index contributed by atoms with van der Waals surface area (Å²) in [5.74, 6) is -0.465. The van der Waals surface area contributed by atoms with Gasteiger partial charge in [-0.05, 0) is 19.3 Å². The van der Waals surface area contributed by atoms with Gasteiger partial charge in [0, 0.05) is 37.3 Å². The third kappa shape index (κ3) is 3.02. The van der Waals surface area contributed by atoms with Gasteiger partial charge in [0.05, 0.1) is 14.2 Å². The van der Waals surface area contributed by atoms with Crippen molar-refractivity contribution >= 4 is 10.0 Å². The summed E-state index contributed by atoms with van der Waals surface area (Å²) in [4.78, 5) is -0.368. The van der Waals surface area contributed by atoms with Gasteiger partial charge in [0.1, 0.15) is 10.7 Å². The molecule has 1 aromatic carbocycles. The molecule has 0 saturated carbocycles. The average molecular weight is 344 g/mol. The molecule has 2 bridgehead atoms. The Morgan fingerprint density at radius 2 is 1.78 bits per heavy atom. The molecule has 3 rings (SSSR count). The van der Waals surface area contributed by atoms with Gasteiger partial charge in [-0.25, -0.2) is 12.8 Å². The molecule has 0 amide bonds. The molecular formula is C15H21FN2O4S. The third-order valence-corrected chi connectivity index (χ3v) is 6.42. The lowest BCUT2D eigenvalue weighted by Gasteiger charge is -2.24. The van der Waals surface area contributed by atoms with Crippen LogP contribution in [-0.2, 0) is 10.0 Å². The van der Waals surface area contributed by atoms with E-state index in [4.69, 9.17) is 9.47 Å². The van der Waals surface area contributed by atoms with Gasteiger partial charge in [-0.1, -0.05) is 0 Å². The van der Waals surface area contributed by atoms with E-state index in [0.29, 0.717) is 19.1 Å². The molecule has 1 N–H and O–H groups in total. The molecule has 2 saturated heterocycles. The number of nitrogens with one attached hydrogen (secondary N) is 1. The highest BCUT2D eigenvalue weighted by molar-refractivity contribution is 7.89. The highest BCUT2D eigenvalue weighted by Gasteiger charge is 2.36. The van der Waals surface area contributed by atoms with E-state index in [2.05, 4.69) is 5.32 Å². The molecule has 8 heteroatoms. The van der Waals surface area contributed by atoms with Crippen LogP contribution in [0.4, 0.5) is 4.39 Å². The first-order chi connectivity index (χ1) is 11.0. The van der Waals surface area contributed by atoms with Crippen molar-refractivity contribution in [1.29, 1.82) is 0 Å². The Morgan fingerprint density at radius 1 is 1.13 bits per heavy atom. The van der Waals surface area contributed by atoms with Crippen LogP contribution in [0, 0.1) is 5.82 Å². The SMILES string of the molecule is COc1cc(F)c(S(=O)(=O)N2CCC3CCC(C2)N3)cc1OC. The molecule has 6 nitrogen and oxygen atoms in total. The summed E-state index contributed by atoms with van der Waals surface area (Å²) in [6.45, 7) is 0.761. The first kappa shape index (κ1) is 16.5. The van der Waals surface area contributed by atoms with Crippen LogP contribution in [0.5, 0.6) is 11.5 Å². The maximum Gasteiger partial charge on any atom is 0.246 e. The second-order valence-electron chi connectivity index (χ2n) is 5.93. The Hall–Kier alpha value is -1.38. The van der Waals surface area contributed by atoms with E-state index in [-0.39, 0.29) is 22.4 Å². The predicted molar refractivity (Wildman–Crippen MR) is 82.8 cm³/mol. The highest BCUT2D eigenvalue weighted by Crippen LogP contribution is 2.34. The zero-order valence-corrected chi connectivity index (χ0v) is 14.0. The van der Waals surface area contributed by atoms with Crippen molar-refractivity contribution < 1.29 is 22.3 Å². The van der Waals surface area contributed by atoms with Crippen LogP contribution in [0.25, 0.3) is 0 Å². The quantitative estimate of drug-likeness (QED) is 0.893. The minimum Gasteiger partial charge on any atom is -0.493 e. The largest absolute Gasteiger partial charge is 0.493 e. The highest BCUT2D eigenvalue weighted by atomic mass is 32.2. The van der Waals surface area contributed by atoms with Crippen LogP contribution in [0.3, 0.4) is 0 Å². The number of halogens is 1. The van der Waals surface area contributed by atoms with Crippen molar-refractivity contribution in [3.63, 3.8) is 0 Å². The van der Waals surface area contributed by atoms with Crippen LogP contribution in [0.1, 0.15) is 19.3 Å². The predicted octanol–water partition coefficient (Wildman–Crippen LogP) is 1.36. The number of fused-ring (bicyclic) bond motifs is 2. The molecule has 2 aliphatic heterocycles. The lowest BCUT2D eigenvalue weighted by Crippen LogP contribution is -2.39. The Balaban J connectivity index is 1.96. The molecule has 0 spiro atoms. The smallest absolute Gasteiger partial charge is 0.246 e. The van der Waals surface area contributed by atoms with Crippen molar-refractivity contribution in [2.75, 3.05) is 27.3 Å². The number of ether oxygens (including phenoxy) is 2. The van der Waals surface area contributed by atoms with E-state index in [9.17, 15) is 12.8 Å². The fourth-order valence-corrected chi connectivity index (χ4v) is 4.86. The zero-order valence-electron chi connectivity index (χ0n) is 13.2. The molecule has 0 aliphatic carbocycles. The van der Waals surface area contributed by atoms with Crippen LogP contribution in [0.2, 0.25) is 0 Å². The van der Waals surface area contributed by atoms with Gasteiger partial charge < -0.3 is 14.8 Å². The van der Waals surface area contributed by atoms with Crippen LogP contribution in [-0.4, -0.2) is 52.1 Å². The Morgan fingerprint density at radius 3 is 2.48 bits per heavy atom. The molecule has 2 heterocycles. The average Bonchev–Trinajstić information content (AvgIpc) is 2.85. The second kappa shape index (κ2) is 6.26. The molecule has 2 atom stereocenters. The number of benzene rings is 1. The minimum atomic E-state index is -3.91. The third-order valence-electron chi connectivity index (χ3n) is 4.54. The number of rotatable bonds is 4. The summed E-state index contributed by atoms with van der Waals surface area (Å²) in [6.07, 6.45) is 2.76. The monoisotopic (exact) mass is 344 g/mol. The summed E-state index contributed by atoms with van der Waals surface area (Å²) in [6, 6.07) is 2.74. The maximum absolute atomic E-state index is 14.3. The fourth-order valence-electron chi connectivity index (χ4n) is 3.30. The van der Waals surface area contributed by atoms with Gasteiger partial charge in [0.2, 0.25) is 10.0 Å². The van der Waals surface area contributed by atoms with Gasteiger partial charge >= 0.3 is 0 Å².